The SMILES string of the molecule is CC/C=C\C/C=C\C/C=C\CCCCCCCCC(=O)OCC(COC(=O)CCCCC/C=C\C=C/CCCC)OC(=O)CCCCC/C=C\C=C/CCCC. The largest absolute Gasteiger partial charge is 0.462 e. The molecule has 0 spiro atoms. The van der Waals surface area contributed by atoms with Gasteiger partial charge in [-0.05, 0) is 89.9 Å². The number of ether oxygens (including phenoxy) is 3. The molecule has 0 aliphatic heterocycles. The first-order chi connectivity index (χ1) is 27.5. The molecule has 0 aromatic heterocycles. The Balaban J connectivity index is 4.46. The maximum atomic E-state index is 12.7. The van der Waals surface area contributed by atoms with E-state index in [-0.39, 0.29) is 37.5 Å². The van der Waals surface area contributed by atoms with Crippen molar-refractivity contribution in [3.05, 3.63) is 85.1 Å². The fraction of sp³-hybridized carbons (Fsp3) is 0.660. The molecule has 0 N–H and O–H groups in total. The molecule has 0 rings (SSSR count). The van der Waals surface area contributed by atoms with Crippen molar-refractivity contribution in [2.75, 3.05) is 13.2 Å². The highest BCUT2D eigenvalue weighted by Gasteiger charge is 2.19. The number of carbonyl (C=O) groups excluding carboxylic acids is 3. The summed E-state index contributed by atoms with van der Waals surface area (Å²) in [4.78, 5) is 37.7. The second kappa shape index (κ2) is 44.3. The average molecular weight is 779 g/mol. The van der Waals surface area contributed by atoms with Gasteiger partial charge in [-0.1, -0.05) is 170 Å². The molecule has 0 radical (unpaired) electrons. The minimum absolute atomic E-state index is 0.104. The van der Waals surface area contributed by atoms with E-state index < -0.39 is 6.10 Å². The molecule has 0 saturated carbocycles. The monoisotopic (exact) mass is 779 g/mol. The fourth-order valence-corrected chi connectivity index (χ4v) is 5.70. The van der Waals surface area contributed by atoms with Crippen LogP contribution in [-0.4, -0.2) is 37.2 Å². The Morgan fingerprint density at radius 3 is 1.21 bits per heavy atom. The Hall–Kier alpha value is -3.41. The molecule has 0 aromatic rings. The molecule has 0 aliphatic rings. The van der Waals surface area contributed by atoms with Crippen LogP contribution in [0.25, 0.3) is 0 Å². The van der Waals surface area contributed by atoms with Gasteiger partial charge in [0.25, 0.3) is 0 Å². The third-order valence-electron chi connectivity index (χ3n) is 9.16. The molecule has 0 fully saturated rings. The van der Waals surface area contributed by atoms with Crippen LogP contribution in [0.15, 0.2) is 85.1 Å². The zero-order valence-electron chi connectivity index (χ0n) is 36.1. The predicted molar refractivity (Wildman–Crippen MR) is 237 cm³/mol. The minimum Gasteiger partial charge on any atom is -0.462 e. The van der Waals surface area contributed by atoms with E-state index in [1.807, 2.05) is 0 Å². The smallest absolute Gasteiger partial charge is 0.306 e. The summed E-state index contributed by atoms with van der Waals surface area (Å²) in [7, 11) is 0. The van der Waals surface area contributed by atoms with Gasteiger partial charge >= 0.3 is 17.9 Å². The molecule has 6 nitrogen and oxygen atoms in total. The summed E-state index contributed by atoms with van der Waals surface area (Å²) in [6.07, 6.45) is 55.7. The Morgan fingerprint density at radius 2 is 0.750 bits per heavy atom. The van der Waals surface area contributed by atoms with Gasteiger partial charge in [0.1, 0.15) is 13.2 Å². The van der Waals surface area contributed by atoms with Gasteiger partial charge in [-0.15, -0.1) is 0 Å². The fourth-order valence-electron chi connectivity index (χ4n) is 5.70. The van der Waals surface area contributed by atoms with Gasteiger partial charge in [0.15, 0.2) is 6.10 Å². The van der Waals surface area contributed by atoms with Crippen molar-refractivity contribution in [3.63, 3.8) is 0 Å². The van der Waals surface area contributed by atoms with E-state index in [4.69, 9.17) is 14.2 Å². The standard InChI is InChI=1S/C50H82O6/c1-4-7-10-13-16-19-22-23-24-25-26-29-31-34-37-40-43-49(52)55-46-47(56-50(53)44-41-38-35-32-28-21-18-15-12-9-6-3)45-54-48(51)42-39-36-33-30-27-20-17-14-11-8-5-2/h7,10,14-21,23-24,27-28,47H,4-6,8-9,11-13,22,25-26,29-46H2,1-3H3/b10-7-,17-14-,18-15-,19-16-,24-23-,27-20-,28-21-. The Morgan fingerprint density at radius 1 is 0.393 bits per heavy atom. The zero-order chi connectivity index (χ0) is 40.8. The van der Waals surface area contributed by atoms with Gasteiger partial charge in [0.05, 0.1) is 0 Å². The van der Waals surface area contributed by atoms with Crippen molar-refractivity contribution >= 4 is 17.9 Å². The molecule has 0 amide bonds. The summed E-state index contributed by atoms with van der Waals surface area (Å²) >= 11 is 0. The topological polar surface area (TPSA) is 78.9 Å². The molecule has 0 aromatic carbocycles. The summed E-state index contributed by atoms with van der Waals surface area (Å²) in [6.45, 7) is 6.33. The molecule has 0 aliphatic carbocycles. The number of unbranched alkanes of at least 4 members (excludes halogenated alkanes) is 16. The van der Waals surface area contributed by atoms with E-state index in [9.17, 15) is 14.4 Å². The summed E-state index contributed by atoms with van der Waals surface area (Å²) in [6, 6.07) is 0. The van der Waals surface area contributed by atoms with Crippen molar-refractivity contribution < 1.29 is 28.6 Å². The van der Waals surface area contributed by atoms with Crippen molar-refractivity contribution in [3.8, 4) is 0 Å². The normalized spacial score (nSPS) is 12.8. The molecule has 6 heteroatoms. The average Bonchev–Trinajstić information content (AvgIpc) is 3.19. The molecular formula is C50H82O6. The Labute approximate surface area is 344 Å². The van der Waals surface area contributed by atoms with Gasteiger partial charge in [0, 0.05) is 19.3 Å². The molecule has 0 heterocycles. The Kier molecular flexibility index (Phi) is 41.6. The molecule has 0 bridgehead atoms. The minimum atomic E-state index is -0.804. The maximum absolute atomic E-state index is 12.7. The van der Waals surface area contributed by atoms with Gasteiger partial charge in [-0.2, -0.15) is 0 Å². The van der Waals surface area contributed by atoms with Gasteiger partial charge in [-0.25, -0.2) is 0 Å². The highest BCUT2D eigenvalue weighted by atomic mass is 16.6. The van der Waals surface area contributed by atoms with Crippen molar-refractivity contribution in [1.82, 2.24) is 0 Å². The highest BCUT2D eigenvalue weighted by molar-refractivity contribution is 5.71. The molecule has 1 unspecified atom stereocenters. The van der Waals surface area contributed by atoms with Crippen LogP contribution in [0.1, 0.15) is 194 Å². The van der Waals surface area contributed by atoms with Crippen LogP contribution in [0.4, 0.5) is 0 Å². The van der Waals surface area contributed by atoms with E-state index >= 15 is 0 Å². The van der Waals surface area contributed by atoms with E-state index in [0.717, 1.165) is 116 Å². The van der Waals surface area contributed by atoms with Crippen LogP contribution in [0.5, 0.6) is 0 Å². The van der Waals surface area contributed by atoms with Gasteiger partial charge < -0.3 is 14.2 Å². The third kappa shape index (κ3) is 41.7. The number of hydrogen-bond donors (Lipinski definition) is 0. The lowest BCUT2D eigenvalue weighted by Gasteiger charge is -2.18. The summed E-state index contributed by atoms with van der Waals surface area (Å²) < 4.78 is 16.6. The number of rotatable bonds is 39. The van der Waals surface area contributed by atoms with E-state index in [1.165, 1.54) is 38.5 Å². The Bertz CT molecular complexity index is 1120. The van der Waals surface area contributed by atoms with E-state index in [1.54, 1.807) is 0 Å². The lowest BCUT2D eigenvalue weighted by molar-refractivity contribution is -0.167. The molecule has 1 atom stereocenters. The molecule has 0 saturated heterocycles. The molecule has 56 heavy (non-hydrogen) atoms. The van der Waals surface area contributed by atoms with Crippen LogP contribution in [-0.2, 0) is 28.6 Å². The lowest BCUT2D eigenvalue weighted by Crippen LogP contribution is -2.30. The second-order valence-electron chi connectivity index (χ2n) is 14.6. The summed E-state index contributed by atoms with van der Waals surface area (Å²) in [5, 5.41) is 0. The predicted octanol–water partition coefficient (Wildman–Crippen LogP) is 14.5. The highest BCUT2D eigenvalue weighted by Crippen LogP contribution is 2.12. The summed E-state index contributed by atoms with van der Waals surface area (Å²) in [5.41, 5.74) is 0. The first kappa shape index (κ1) is 52.6. The number of carbonyl (C=O) groups is 3. The van der Waals surface area contributed by atoms with Crippen LogP contribution in [0.2, 0.25) is 0 Å². The number of hydrogen-bond acceptors (Lipinski definition) is 6. The number of allylic oxidation sites excluding steroid dienone is 14. The first-order valence-corrected chi connectivity index (χ1v) is 22.6. The third-order valence-corrected chi connectivity index (χ3v) is 9.16. The summed E-state index contributed by atoms with van der Waals surface area (Å²) in [5.74, 6) is -0.983. The van der Waals surface area contributed by atoms with Crippen LogP contribution in [0, 0.1) is 0 Å². The van der Waals surface area contributed by atoms with Gasteiger partial charge in [0.2, 0.25) is 0 Å². The van der Waals surface area contributed by atoms with Gasteiger partial charge in [-0.3, -0.25) is 14.4 Å². The van der Waals surface area contributed by atoms with E-state index in [0.29, 0.717) is 12.8 Å². The van der Waals surface area contributed by atoms with E-state index in [2.05, 4.69) is 106 Å². The quantitative estimate of drug-likeness (QED) is 0.0203. The van der Waals surface area contributed by atoms with Crippen molar-refractivity contribution in [2.45, 2.75) is 200 Å². The lowest BCUT2D eigenvalue weighted by atomic mass is 10.1. The zero-order valence-corrected chi connectivity index (χ0v) is 36.1. The van der Waals surface area contributed by atoms with Crippen LogP contribution < -0.4 is 0 Å². The van der Waals surface area contributed by atoms with Crippen molar-refractivity contribution in [1.29, 1.82) is 0 Å². The second-order valence-corrected chi connectivity index (χ2v) is 14.6. The maximum Gasteiger partial charge on any atom is 0.306 e. The van der Waals surface area contributed by atoms with Crippen LogP contribution >= 0.6 is 0 Å². The molecule has 318 valence electrons. The first-order valence-electron chi connectivity index (χ1n) is 22.6. The van der Waals surface area contributed by atoms with Crippen molar-refractivity contribution in [2.24, 2.45) is 0 Å². The van der Waals surface area contributed by atoms with Crippen LogP contribution in [0.3, 0.4) is 0 Å². The number of esters is 3. The molecular weight excluding hydrogens is 697 g/mol.